The molecule has 0 bridgehead atoms. The van der Waals surface area contributed by atoms with Gasteiger partial charge in [-0.15, -0.1) is 0 Å². The highest BCUT2D eigenvalue weighted by molar-refractivity contribution is 6.26. The largest absolute Gasteiger partial charge is 0.389 e. The van der Waals surface area contributed by atoms with Crippen LogP contribution >= 0.6 is 0 Å². The predicted molar refractivity (Wildman–Crippen MR) is 209 cm³/mol. The number of fused-ring (bicyclic) bond motifs is 6. The molecule has 2 saturated heterocycles. The maximum atomic E-state index is 12.9. The van der Waals surface area contributed by atoms with Gasteiger partial charge in [-0.05, 0) is 47.7 Å². The van der Waals surface area contributed by atoms with E-state index in [0.717, 1.165) is 22.3 Å². The number of carbonyl (C=O) groups excluding carboxylic acids is 4. The predicted octanol–water partition coefficient (Wildman–Crippen LogP) is 0.532. The van der Waals surface area contributed by atoms with Crippen molar-refractivity contribution in [2.24, 2.45) is 0 Å². The van der Waals surface area contributed by atoms with Crippen molar-refractivity contribution < 1.29 is 49.8 Å². The van der Waals surface area contributed by atoms with Crippen LogP contribution in [0.2, 0.25) is 0 Å². The third-order valence-corrected chi connectivity index (χ3v) is 11.5. The molecule has 4 aromatic rings. The molecule has 0 unspecified atom stereocenters. The minimum atomic E-state index is -1.30. The second-order valence-electron chi connectivity index (χ2n) is 14.9. The Morgan fingerprint density at radius 3 is 1.35 bits per heavy atom. The molecule has 2 amide bonds. The smallest absolute Gasteiger partial charge is 0.252 e. The SMILES string of the molecule is CC[C@@H]1N[C@@H](CNC(=O)c2cccc3c2C(=O)c2ccccc2-3)[C@@H](O)[C@H](O)[C@@H]1O.C[C@@H]1N[C@H](CNC(=O)c2cccc3c2C(=O)c2ccccc2-3)[C@@H](O)[C@H](O)[C@@H]1O. The first-order chi connectivity index (χ1) is 27.3. The van der Waals surface area contributed by atoms with E-state index in [-0.39, 0.29) is 41.8 Å². The summed E-state index contributed by atoms with van der Waals surface area (Å²) in [6.45, 7) is 3.63. The molecule has 57 heavy (non-hydrogen) atoms. The molecule has 8 rings (SSSR count). The first kappa shape index (κ1) is 40.1. The molecule has 10 N–H and O–H groups in total. The summed E-state index contributed by atoms with van der Waals surface area (Å²) in [4.78, 5) is 51.3. The second kappa shape index (κ2) is 16.4. The molecule has 4 aliphatic rings. The molecular formula is C43H46N4O10. The monoisotopic (exact) mass is 778 g/mol. The Hall–Kier alpha value is -5.16. The molecule has 4 aromatic carbocycles. The van der Waals surface area contributed by atoms with Crippen LogP contribution in [0.25, 0.3) is 22.3 Å². The number of aliphatic hydroxyl groups excluding tert-OH is 6. The zero-order valence-electron chi connectivity index (χ0n) is 31.3. The first-order valence-corrected chi connectivity index (χ1v) is 19.0. The number of rotatable bonds is 7. The van der Waals surface area contributed by atoms with Crippen LogP contribution in [0.5, 0.6) is 0 Å². The van der Waals surface area contributed by atoms with Crippen LogP contribution in [0.1, 0.15) is 72.8 Å². The van der Waals surface area contributed by atoms with Crippen molar-refractivity contribution in [3.8, 4) is 22.3 Å². The molecule has 0 spiro atoms. The van der Waals surface area contributed by atoms with E-state index < -0.39 is 66.6 Å². The van der Waals surface area contributed by atoms with Crippen LogP contribution < -0.4 is 21.3 Å². The summed E-state index contributed by atoms with van der Waals surface area (Å²) in [7, 11) is 0. The Morgan fingerprint density at radius 1 is 0.509 bits per heavy atom. The molecule has 0 saturated carbocycles. The number of amides is 2. The summed E-state index contributed by atoms with van der Waals surface area (Å²) in [5, 5.41) is 71.7. The Morgan fingerprint density at radius 2 is 0.895 bits per heavy atom. The van der Waals surface area contributed by atoms with Gasteiger partial charge in [-0.2, -0.15) is 0 Å². The van der Waals surface area contributed by atoms with Crippen molar-refractivity contribution in [3.63, 3.8) is 0 Å². The summed E-state index contributed by atoms with van der Waals surface area (Å²) in [5.41, 5.74) is 5.56. The van der Waals surface area contributed by atoms with Gasteiger partial charge in [-0.1, -0.05) is 79.7 Å². The lowest BCUT2D eigenvalue weighted by Gasteiger charge is -2.41. The van der Waals surface area contributed by atoms with E-state index in [9.17, 15) is 49.8 Å². The summed E-state index contributed by atoms with van der Waals surface area (Å²) in [6, 6.07) is 22.8. The second-order valence-corrected chi connectivity index (χ2v) is 14.9. The Labute approximate surface area is 328 Å². The van der Waals surface area contributed by atoms with Gasteiger partial charge in [-0.25, -0.2) is 0 Å². The third kappa shape index (κ3) is 7.31. The average Bonchev–Trinajstić information content (AvgIpc) is 3.70. The van der Waals surface area contributed by atoms with Crippen molar-refractivity contribution in [2.45, 2.75) is 81.1 Å². The van der Waals surface area contributed by atoms with Crippen molar-refractivity contribution >= 4 is 23.4 Å². The minimum absolute atomic E-state index is 0.0406. The fourth-order valence-corrected chi connectivity index (χ4v) is 8.26. The van der Waals surface area contributed by atoms with Gasteiger partial charge >= 0.3 is 0 Å². The molecule has 10 atom stereocenters. The van der Waals surface area contributed by atoms with Gasteiger partial charge in [0.05, 0.1) is 47.6 Å². The molecule has 2 heterocycles. The van der Waals surface area contributed by atoms with Gasteiger partial charge in [0.25, 0.3) is 11.8 Å². The summed E-state index contributed by atoms with van der Waals surface area (Å²) in [5.74, 6) is -1.22. The summed E-state index contributed by atoms with van der Waals surface area (Å²) < 4.78 is 0. The third-order valence-electron chi connectivity index (χ3n) is 11.5. The van der Waals surface area contributed by atoms with E-state index in [0.29, 0.717) is 28.7 Å². The highest BCUT2D eigenvalue weighted by Gasteiger charge is 2.42. The average molecular weight is 779 g/mol. The maximum Gasteiger partial charge on any atom is 0.252 e. The number of ketones is 2. The number of piperidine rings is 2. The highest BCUT2D eigenvalue weighted by Crippen LogP contribution is 2.39. The van der Waals surface area contributed by atoms with Crippen LogP contribution in [0.15, 0.2) is 84.9 Å². The number of hydrogen-bond donors (Lipinski definition) is 10. The zero-order chi connectivity index (χ0) is 40.7. The van der Waals surface area contributed by atoms with E-state index in [1.54, 1.807) is 55.5 Å². The highest BCUT2D eigenvalue weighted by atomic mass is 16.4. The fourth-order valence-electron chi connectivity index (χ4n) is 8.26. The zero-order valence-corrected chi connectivity index (χ0v) is 31.3. The van der Waals surface area contributed by atoms with Gasteiger partial charge in [0.2, 0.25) is 0 Å². The number of carbonyl (C=O) groups is 4. The van der Waals surface area contributed by atoms with E-state index in [2.05, 4.69) is 21.3 Å². The van der Waals surface area contributed by atoms with Crippen LogP contribution in [0.3, 0.4) is 0 Å². The molecule has 2 fully saturated rings. The minimum Gasteiger partial charge on any atom is -0.389 e. The molecule has 0 aromatic heterocycles. The topological polar surface area (TPSA) is 238 Å². The maximum absolute atomic E-state index is 12.9. The number of aliphatic hydroxyl groups is 6. The quantitative estimate of drug-likeness (QED) is 0.107. The molecule has 2 aliphatic carbocycles. The van der Waals surface area contributed by atoms with Crippen LogP contribution in [-0.2, 0) is 0 Å². The van der Waals surface area contributed by atoms with Gasteiger partial charge in [0, 0.05) is 47.4 Å². The molecule has 298 valence electrons. The summed E-state index contributed by atoms with van der Waals surface area (Å²) >= 11 is 0. The molecular weight excluding hydrogens is 732 g/mol. The lowest BCUT2D eigenvalue weighted by atomic mass is 9.89. The van der Waals surface area contributed by atoms with Gasteiger partial charge in [0.1, 0.15) is 12.2 Å². The lowest BCUT2D eigenvalue weighted by molar-refractivity contribution is -0.112. The van der Waals surface area contributed by atoms with Crippen molar-refractivity contribution in [1.82, 2.24) is 21.3 Å². The van der Waals surface area contributed by atoms with Gasteiger partial charge in [-0.3, -0.25) is 19.2 Å². The van der Waals surface area contributed by atoms with Crippen molar-refractivity contribution in [2.75, 3.05) is 13.1 Å². The van der Waals surface area contributed by atoms with Gasteiger partial charge in [0.15, 0.2) is 11.6 Å². The Balaban J connectivity index is 0.000000174. The first-order valence-electron chi connectivity index (χ1n) is 19.0. The summed E-state index contributed by atoms with van der Waals surface area (Å²) in [6.07, 6.45) is -6.63. The van der Waals surface area contributed by atoms with E-state index in [1.807, 2.05) is 43.3 Å². The van der Waals surface area contributed by atoms with E-state index >= 15 is 0 Å². The van der Waals surface area contributed by atoms with Crippen LogP contribution in [-0.4, -0.2) is 128 Å². The van der Waals surface area contributed by atoms with Gasteiger partial charge < -0.3 is 51.9 Å². The normalized spacial score (nSPS) is 28.3. The number of hydrogen-bond acceptors (Lipinski definition) is 12. The Bertz CT molecular complexity index is 2210. The van der Waals surface area contributed by atoms with Crippen molar-refractivity contribution in [3.05, 3.63) is 118 Å². The van der Waals surface area contributed by atoms with Crippen LogP contribution in [0.4, 0.5) is 0 Å². The molecule has 2 aliphatic heterocycles. The standard InChI is InChI=1S/C22H24N2O5.C21H22N2O5/c1-2-15-19(26)21(28)20(27)16(24-15)10-23-22(29)14-9-5-8-12-11-6-3-4-7-13(11)18(25)17(12)14;1-10-17(24)20(27)19(26)15(23-10)9-22-21(28)14-8-4-7-12-11-5-2-3-6-13(11)18(25)16(12)14/h3-9,15-16,19-21,24,26-28H,2,10H2,1H3,(H,23,29);2-8,10,15,17,19-20,23-24,26-27H,9H2,1H3,(H,22,28)/t15-,16-,19+,20+,21+;10-,15+,17+,19+,20+/m00/s1. The Kier molecular flexibility index (Phi) is 11.5. The molecule has 0 radical (unpaired) electrons. The number of nitrogens with one attached hydrogen (secondary N) is 4. The lowest BCUT2D eigenvalue weighted by Crippen LogP contribution is -2.66. The fraction of sp³-hybridized carbons (Fsp3) is 0.349. The molecule has 14 heteroatoms. The van der Waals surface area contributed by atoms with E-state index in [1.165, 1.54) is 0 Å². The molecule has 14 nitrogen and oxygen atoms in total. The van der Waals surface area contributed by atoms with E-state index in [4.69, 9.17) is 0 Å². The van der Waals surface area contributed by atoms with Crippen molar-refractivity contribution in [1.29, 1.82) is 0 Å². The number of benzene rings is 4. The van der Waals surface area contributed by atoms with Crippen LogP contribution in [0, 0.1) is 0 Å².